The van der Waals surface area contributed by atoms with Gasteiger partial charge in [0.15, 0.2) is 16.6 Å². The van der Waals surface area contributed by atoms with Crippen LogP contribution in [0.1, 0.15) is 5.56 Å². The minimum absolute atomic E-state index is 0.261. The van der Waals surface area contributed by atoms with Gasteiger partial charge in [-0.1, -0.05) is 12.1 Å². The minimum Gasteiger partial charge on any atom is -0.493 e. The molecule has 0 saturated carbocycles. The summed E-state index contributed by atoms with van der Waals surface area (Å²) in [5.74, 6) is 0.920. The zero-order chi connectivity index (χ0) is 15.7. The first kappa shape index (κ1) is 16.7. The normalized spacial score (nSPS) is 10.0. The van der Waals surface area contributed by atoms with Gasteiger partial charge in [0.25, 0.3) is 0 Å². The van der Waals surface area contributed by atoms with Crippen LogP contribution in [-0.4, -0.2) is 31.8 Å². The zero-order valence-electron chi connectivity index (χ0n) is 12.0. The summed E-state index contributed by atoms with van der Waals surface area (Å²) < 4.78 is 10.3. The molecule has 1 aromatic rings. The molecule has 21 heavy (non-hydrogen) atoms. The quantitative estimate of drug-likeness (QED) is 0.477. The third kappa shape index (κ3) is 5.66. The van der Waals surface area contributed by atoms with Crippen LogP contribution in [0.15, 0.2) is 36.9 Å². The van der Waals surface area contributed by atoms with Gasteiger partial charge in [-0.25, -0.2) is 0 Å². The van der Waals surface area contributed by atoms with Gasteiger partial charge in [0.1, 0.15) is 0 Å². The van der Waals surface area contributed by atoms with Gasteiger partial charge < -0.3 is 14.8 Å². The number of methoxy groups -OCH3 is 2. The Hall–Kier alpha value is -2.34. The van der Waals surface area contributed by atoms with Crippen molar-refractivity contribution in [1.29, 1.82) is 0 Å². The average molecular weight is 306 g/mol. The van der Waals surface area contributed by atoms with Gasteiger partial charge in [0, 0.05) is 12.6 Å². The van der Waals surface area contributed by atoms with Crippen LogP contribution in [0.2, 0.25) is 0 Å². The van der Waals surface area contributed by atoms with Crippen molar-refractivity contribution in [3.8, 4) is 11.5 Å². The first-order chi connectivity index (χ1) is 10.1. The van der Waals surface area contributed by atoms with Gasteiger partial charge in [-0.3, -0.25) is 10.1 Å². The van der Waals surface area contributed by atoms with E-state index in [2.05, 4.69) is 17.2 Å². The second-order valence-corrected chi connectivity index (χ2v) is 4.34. The highest BCUT2D eigenvalue weighted by Crippen LogP contribution is 2.27. The van der Waals surface area contributed by atoms with Crippen LogP contribution in [0.5, 0.6) is 11.5 Å². The van der Waals surface area contributed by atoms with Gasteiger partial charge in [-0.05, 0) is 36.0 Å². The molecule has 0 spiro atoms. The van der Waals surface area contributed by atoms with Crippen LogP contribution in [0.25, 0.3) is 6.08 Å². The van der Waals surface area contributed by atoms with Crippen molar-refractivity contribution in [3.63, 3.8) is 0 Å². The zero-order valence-corrected chi connectivity index (χ0v) is 12.8. The molecule has 5 nitrogen and oxygen atoms in total. The van der Waals surface area contributed by atoms with E-state index in [4.69, 9.17) is 21.7 Å². The van der Waals surface area contributed by atoms with Crippen molar-refractivity contribution in [2.24, 2.45) is 0 Å². The maximum absolute atomic E-state index is 11.7. The highest BCUT2D eigenvalue weighted by Gasteiger charge is 2.03. The van der Waals surface area contributed by atoms with Gasteiger partial charge in [0.2, 0.25) is 5.91 Å². The number of hydrogen-bond acceptors (Lipinski definition) is 4. The molecule has 0 aromatic heterocycles. The molecule has 1 rings (SSSR count). The number of hydrogen-bond donors (Lipinski definition) is 2. The van der Waals surface area contributed by atoms with E-state index >= 15 is 0 Å². The highest BCUT2D eigenvalue weighted by atomic mass is 32.1. The SMILES string of the molecule is C=CCNC(=S)NC(=O)/C=C/c1ccc(OC)c(OC)c1. The van der Waals surface area contributed by atoms with Crippen molar-refractivity contribution in [2.45, 2.75) is 0 Å². The van der Waals surface area contributed by atoms with Gasteiger partial charge in [-0.15, -0.1) is 6.58 Å². The third-order valence-electron chi connectivity index (χ3n) is 2.48. The molecule has 6 heteroatoms. The average Bonchev–Trinajstić information content (AvgIpc) is 2.50. The smallest absolute Gasteiger partial charge is 0.250 e. The molecule has 0 fully saturated rings. The topological polar surface area (TPSA) is 59.6 Å². The van der Waals surface area contributed by atoms with E-state index < -0.39 is 0 Å². The molecule has 2 N–H and O–H groups in total. The Balaban J connectivity index is 2.65. The van der Waals surface area contributed by atoms with E-state index in [9.17, 15) is 4.79 Å². The molecular weight excluding hydrogens is 288 g/mol. The Morgan fingerprint density at radius 1 is 1.33 bits per heavy atom. The van der Waals surface area contributed by atoms with Crippen LogP contribution in [0.3, 0.4) is 0 Å². The second-order valence-electron chi connectivity index (χ2n) is 3.94. The third-order valence-corrected chi connectivity index (χ3v) is 2.72. The summed E-state index contributed by atoms with van der Waals surface area (Å²) in [5.41, 5.74) is 0.813. The molecule has 0 saturated heterocycles. The number of amides is 1. The number of carbonyl (C=O) groups is 1. The van der Waals surface area contributed by atoms with Crippen molar-refractivity contribution >= 4 is 29.3 Å². The van der Waals surface area contributed by atoms with Crippen molar-refractivity contribution < 1.29 is 14.3 Å². The highest BCUT2D eigenvalue weighted by molar-refractivity contribution is 7.80. The summed E-state index contributed by atoms with van der Waals surface area (Å²) in [5, 5.41) is 5.59. The molecule has 0 aliphatic carbocycles. The fraction of sp³-hybridized carbons (Fsp3) is 0.200. The van der Waals surface area contributed by atoms with Crippen LogP contribution in [0.4, 0.5) is 0 Å². The van der Waals surface area contributed by atoms with Crippen LogP contribution in [0, 0.1) is 0 Å². The standard InChI is InChI=1S/C15H18N2O3S/c1-4-9-16-15(21)17-14(18)8-6-11-5-7-12(19-2)13(10-11)20-3/h4-8,10H,1,9H2,2-3H3,(H2,16,17,18,21)/b8-6+. The van der Waals surface area contributed by atoms with E-state index in [0.29, 0.717) is 18.0 Å². The molecule has 1 amide bonds. The number of carbonyl (C=O) groups excluding carboxylic acids is 1. The lowest BCUT2D eigenvalue weighted by Gasteiger charge is -2.07. The number of rotatable bonds is 6. The molecule has 1 aromatic carbocycles. The van der Waals surface area contributed by atoms with E-state index in [1.54, 1.807) is 38.5 Å². The van der Waals surface area contributed by atoms with Crippen LogP contribution in [-0.2, 0) is 4.79 Å². The number of nitrogens with one attached hydrogen (secondary N) is 2. The molecule has 0 heterocycles. The molecule has 0 unspecified atom stereocenters. The van der Waals surface area contributed by atoms with Crippen LogP contribution < -0.4 is 20.1 Å². The predicted molar refractivity (Wildman–Crippen MR) is 87.5 cm³/mol. The Kier molecular flexibility index (Phi) is 6.97. The summed E-state index contributed by atoms with van der Waals surface area (Å²) >= 11 is 4.94. The number of thiocarbonyl (C=S) groups is 1. The fourth-order valence-corrected chi connectivity index (χ4v) is 1.67. The number of ether oxygens (including phenoxy) is 2. The van der Waals surface area contributed by atoms with Gasteiger partial charge in [0.05, 0.1) is 14.2 Å². The Morgan fingerprint density at radius 3 is 2.67 bits per heavy atom. The Morgan fingerprint density at radius 2 is 2.05 bits per heavy atom. The first-order valence-corrected chi connectivity index (χ1v) is 6.61. The summed E-state index contributed by atoms with van der Waals surface area (Å²) in [4.78, 5) is 11.7. The maximum Gasteiger partial charge on any atom is 0.250 e. The lowest BCUT2D eigenvalue weighted by Crippen LogP contribution is -2.38. The molecule has 0 aliphatic rings. The summed E-state index contributed by atoms with van der Waals surface area (Å²) in [6.45, 7) is 4.05. The second kappa shape index (κ2) is 8.76. The van der Waals surface area contributed by atoms with E-state index in [1.165, 1.54) is 6.08 Å². The fourth-order valence-electron chi connectivity index (χ4n) is 1.49. The minimum atomic E-state index is -0.314. The van der Waals surface area contributed by atoms with E-state index in [1.807, 2.05) is 6.07 Å². The lowest BCUT2D eigenvalue weighted by molar-refractivity contribution is -0.115. The van der Waals surface area contributed by atoms with Gasteiger partial charge in [-0.2, -0.15) is 0 Å². The predicted octanol–water partition coefficient (Wildman–Crippen LogP) is 1.89. The Bertz CT molecular complexity index is 556. The van der Waals surface area contributed by atoms with Crippen LogP contribution >= 0.6 is 12.2 Å². The summed E-state index contributed by atoms with van der Waals surface area (Å²) in [7, 11) is 3.12. The lowest BCUT2D eigenvalue weighted by atomic mass is 10.2. The maximum atomic E-state index is 11.7. The molecule has 0 atom stereocenters. The molecule has 0 aliphatic heterocycles. The molecule has 0 radical (unpaired) electrons. The largest absolute Gasteiger partial charge is 0.493 e. The van der Waals surface area contributed by atoms with E-state index in [0.717, 1.165) is 5.56 Å². The first-order valence-electron chi connectivity index (χ1n) is 6.20. The summed E-state index contributed by atoms with van der Waals surface area (Å²) in [6.07, 6.45) is 4.70. The monoisotopic (exact) mass is 306 g/mol. The van der Waals surface area contributed by atoms with E-state index in [-0.39, 0.29) is 11.0 Å². The Labute approximate surface area is 129 Å². The van der Waals surface area contributed by atoms with Crippen molar-refractivity contribution in [2.75, 3.05) is 20.8 Å². The molecule has 112 valence electrons. The number of benzene rings is 1. The molecule has 0 bridgehead atoms. The van der Waals surface area contributed by atoms with Crippen molar-refractivity contribution in [1.82, 2.24) is 10.6 Å². The van der Waals surface area contributed by atoms with Crippen molar-refractivity contribution in [3.05, 3.63) is 42.5 Å². The van der Waals surface area contributed by atoms with Gasteiger partial charge >= 0.3 is 0 Å². The molecular formula is C15H18N2O3S. The summed E-state index contributed by atoms with van der Waals surface area (Å²) in [6, 6.07) is 5.36.